The molecule has 1 rings (SSSR count). The maximum Gasteiger partial charge on any atom is 0.103 e. The Morgan fingerprint density at radius 3 is 3.00 bits per heavy atom. The molecule has 56 valence electrons. The molecule has 0 saturated heterocycles. The topological polar surface area (TPSA) is 40.8 Å². The van der Waals surface area contributed by atoms with Crippen molar-refractivity contribution in [3.63, 3.8) is 0 Å². The second-order valence-corrected chi connectivity index (χ2v) is 2.72. The van der Waals surface area contributed by atoms with Gasteiger partial charge in [0.05, 0.1) is 12.3 Å². The number of hydrogen-bond donors (Lipinski definition) is 1. The van der Waals surface area contributed by atoms with Crippen molar-refractivity contribution in [1.29, 1.82) is 0 Å². The molecule has 0 saturated carbocycles. The Hall–Kier alpha value is -0.760. The second-order valence-electron chi connectivity index (χ2n) is 2.72. The summed E-state index contributed by atoms with van der Waals surface area (Å²) < 4.78 is 5.16. The van der Waals surface area contributed by atoms with Crippen LogP contribution < -0.4 is 5.73 Å². The van der Waals surface area contributed by atoms with E-state index in [-0.39, 0.29) is 0 Å². The second kappa shape index (κ2) is 3.42. The maximum absolute atomic E-state index is 5.16. The highest BCUT2D eigenvalue weighted by Crippen LogP contribution is 2.03. The third-order valence-electron chi connectivity index (χ3n) is 1.46. The van der Waals surface area contributed by atoms with Gasteiger partial charge in [-0.1, -0.05) is 0 Å². The molecule has 0 aliphatic rings. The fourth-order valence-electron chi connectivity index (χ4n) is 0.843. The van der Waals surface area contributed by atoms with Crippen molar-refractivity contribution in [2.75, 3.05) is 0 Å². The minimum atomic E-state index is 0.519. The first kappa shape index (κ1) is 7.35. The number of aryl methyl sites for hydroxylation is 1. The summed E-state index contributed by atoms with van der Waals surface area (Å²) in [7, 11) is 0. The smallest absolute Gasteiger partial charge is 0.103 e. The Morgan fingerprint density at radius 2 is 2.50 bits per heavy atom. The third kappa shape index (κ3) is 2.23. The molecule has 1 heterocycles. The fraction of sp³-hybridized carbons (Fsp3) is 0.500. The molecule has 0 radical (unpaired) electrons. The highest BCUT2D eigenvalue weighted by Gasteiger charge is 1.99. The van der Waals surface area contributed by atoms with Crippen LogP contribution in [-0.2, 0) is 6.42 Å². The number of quaternary nitrogens is 1. The van der Waals surface area contributed by atoms with Gasteiger partial charge in [0, 0.05) is 12.8 Å². The van der Waals surface area contributed by atoms with E-state index in [1.54, 1.807) is 6.26 Å². The van der Waals surface area contributed by atoms with Gasteiger partial charge in [0.25, 0.3) is 0 Å². The van der Waals surface area contributed by atoms with Crippen molar-refractivity contribution < 1.29 is 10.2 Å². The van der Waals surface area contributed by atoms with Gasteiger partial charge in [0.15, 0.2) is 0 Å². The van der Waals surface area contributed by atoms with Gasteiger partial charge in [0.2, 0.25) is 0 Å². The van der Waals surface area contributed by atoms with Crippen molar-refractivity contribution in [2.45, 2.75) is 25.8 Å². The summed E-state index contributed by atoms with van der Waals surface area (Å²) in [6, 6.07) is 4.44. The first-order chi connectivity index (χ1) is 4.79. The summed E-state index contributed by atoms with van der Waals surface area (Å²) >= 11 is 0. The number of furan rings is 1. The number of hydrogen-bond acceptors (Lipinski definition) is 1. The Labute approximate surface area is 61.0 Å². The van der Waals surface area contributed by atoms with E-state index in [1.165, 1.54) is 0 Å². The minimum absolute atomic E-state index is 0.519. The zero-order chi connectivity index (χ0) is 7.40. The monoisotopic (exact) mass is 140 g/mol. The highest BCUT2D eigenvalue weighted by molar-refractivity contribution is 4.97. The lowest BCUT2D eigenvalue weighted by molar-refractivity contribution is -0.415. The van der Waals surface area contributed by atoms with Gasteiger partial charge in [-0.25, -0.2) is 0 Å². The normalized spacial score (nSPS) is 13.4. The lowest BCUT2D eigenvalue weighted by Crippen LogP contribution is -2.59. The van der Waals surface area contributed by atoms with E-state index in [4.69, 9.17) is 4.42 Å². The molecular formula is C8H14NO+. The lowest BCUT2D eigenvalue weighted by atomic mass is 10.2. The maximum atomic E-state index is 5.16. The molecule has 2 heteroatoms. The number of rotatable bonds is 3. The van der Waals surface area contributed by atoms with Gasteiger partial charge in [-0.2, -0.15) is 0 Å². The summed E-state index contributed by atoms with van der Waals surface area (Å²) in [6.45, 7) is 2.11. The van der Waals surface area contributed by atoms with Crippen LogP contribution >= 0.6 is 0 Å². The quantitative estimate of drug-likeness (QED) is 0.664. The zero-order valence-electron chi connectivity index (χ0n) is 6.34. The molecule has 0 unspecified atom stereocenters. The van der Waals surface area contributed by atoms with Crippen molar-refractivity contribution in [1.82, 2.24) is 0 Å². The molecule has 3 N–H and O–H groups in total. The molecule has 10 heavy (non-hydrogen) atoms. The SMILES string of the molecule is C[C@@H]([NH3+])CCc1ccco1. The molecule has 1 aromatic rings. The fourth-order valence-corrected chi connectivity index (χ4v) is 0.843. The Kier molecular flexibility index (Phi) is 2.51. The van der Waals surface area contributed by atoms with Crippen molar-refractivity contribution in [3.05, 3.63) is 24.2 Å². The van der Waals surface area contributed by atoms with Gasteiger partial charge in [0.1, 0.15) is 5.76 Å². The zero-order valence-corrected chi connectivity index (χ0v) is 6.34. The van der Waals surface area contributed by atoms with E-state index in [0.29, 0.717) is 6.04 Å². The van der Waals surface area contributed by atoms with Crippen LogP contribution in [0.4, 0.5) is 0 Å². The van der Waals surface area contributed by atoms with Gasteiger partial charge in [-0.05, 0) is 19.1 Å². The lowest BCUT2D eigenvalue weighted by Gasteiger charge is -1.97. The van der Waals surface area contributed by atoms with Crippen LogP contribution in [0.3, 0.4) is 0 Å². The van der Waals surface area contributed by atoms with Crippen LogP contribution in [0, 0.1) is 0 Å². The van der Waals surface area contributed by atoms with Crippen molar-refractivity contribution in [3.8, 4) is 0 Å². The van der Waals surface area contributed by atoms with Crippen LogP contribution in [0.1, 0.15) is 19.1 Å². The molecular weight excluding hydrogens is 126 g/mol. The average Bonchev–Trinajstić information content (AvgIpc) is 2.34. The van der Waals surface area contributed by atoms with Crippen LogP contribution in [0.2, 0.25) is 0 Å². The average molecular weight is 140 g/mol. The third-order valence-corrected chi connectivity index (χ3v) is 1.46. The molecule has 0 aliphatic carbocycles. The summed E-state index contributed by atoms with van der Waals surface area (Å²) in [5, 5.41) is 0. The van der Waals surface area contributed by atoms with E-state index in [1.807, 2.05) is 12.1 Å². The largest absolute Gasteiger partial charge is 0.469 e. The van der Waals surface area contributed by atoms with Gasteiger partial charge in [-0.15, -0.1) is 0 Å². The molecule has 0 bridgehead atoms. The molecule has 2 nitrogen and oxygen atoms in total. The molecule has 1 atom stereocenters. The van der Waals surface area contributed by atoms with Crippen LogP contribution in [0.5, 0.6) is 0 Å². The standard InChI is InChI=1S/C8H13NO/c1-7(9)4-5-8-3-2-6-10-8/h2-3,6-7H,4-5,9H2,1H3/p+1/t7-/m1/s1. The van der Waals surface area contributed by atoms with Crippen molar-refractivity contribution in [2.24, 2.45) is 0 Å². The molecule has 0 aliphatic heterocycles. The summed E-state index contributed by atoms with van der Waals surface area (Å²) in [4.78, 5) is 0. The highest BCUT2D eigenvalue weighted by atomic mass is 16.3. The van der Waals surface area contributed by atoms with Crippen molar-refractivity contribution >= 4 is 0 Å². The first-order valence-electron chi connectivity index (χ1n) is 3.64. The van der Waals surface area contributed by atoms with Crippen LogP contribution in [0.15, 0.2) is 22.8 Å². The minimum Gasteiger partial charge on any atom is -0.469 e. The molecule has 0 spiro atoms. The van der Waals surface area contributed by atoms with Crippen LogP contribution in [0.25, 0.3) is 0 Å². The molecule has 1 aromatic heterocycles. The molecule has 0 fully saturated rings. The first-order valence-corrected chi connectivity index (χ1v) is 3.64. The van der Waals surface area contributed by atoms with E-state index < -0.39 is 0 Å². The summed E-state index contributed by atoms with van der Waals surface area (Å²) in [5.74, 6) is 1.07. The Bertz CT molecular complexity index is 167. The van der Waals surface area contributed by atoms with Gasteiger partial charge in [-0.3, -0.25) is 0 Å². The predicted molar refractivity (Wildman–Crippen MR) is 39.4 cm³/mol. The van der Waals surface area contributed by atoms with E-state index in [2.05, 4.69) is 12.7 Å². The van der Waals surface area contributed by atoms with Gasteiger partial charge < -0.3 is 10.2 Å². The van der Waals surface area contributed by atoms with E-state index in [9.17, 15) is 0 Å². The molecule has 0 amide bonds. The van der Waals surface area contributed by atoms with Crippen LogP contribution in [-0.4, -0.2) is 6.04 Å². The Morgan fingerprint density at radius 1 is 1.70 bits per heavy atom. The van der Waals surface area contributed by atoms with E-state index >= 15 is 0 Å². The Balaban J connectivity index is 2.28. The molecule has 0 aromatic carbocycles. The van der Waals surface area contributed by atoms with Gasteiger partial charge >= 0.3 is 0 Å². The summed E-state index contributed by atoms with van der Waals surface area (Å²) in [5.41, 5.74) is 3.90. The summed E-state index contributed by atoms with van der Waals surface area (Å²) in [6.07, 6.45) is 3.83. The predicted octanol–water partition coefficient (Wildman–Crippen LogP) is 0.843. The van der Waals surface area contributed by atoms with E-state index in [0.717, 1.165) is 18.6 Å².